The number of hydrogen-bond donors (Lipinski definition) is 0. The van der Waals surface area contributed by atoms with Crippen LogP contribution in [0.5, 0.6) is 0 Å². The Morgan fingerprint density at radius 1 is 0.857 bits per heavy atom. The highest BCUT2D eigenvalue weighted by molar-refractivity contribution is 5.90. The zero-order valence-corrected chi connectivity index (χ0v) is 18.4. The first-order valence-electron chi connectivity index (χ1n) is 10.9. The van der Waals surface area contributed by atoms with E-state index >= 15 is 0 Å². The van der Waals surface area contributed by atoms with Crippen LogP contribution >= 0.6 is 0 Å². The lowest BCUT2D eigenvalue weighted by molar-refractivity contribution is -0.246. The van der Waals surface area contributed by atoms with Crippen LogP contribution in [0.2, 0.25) is 0 Å². The van der Waals surface area contributed by atoms with Crippen molar-refractivity contribution >= 4 is 11.9 Å². The zero-order chi connectivity index (χ0) is 25.0. The molecule has 3 aromatic rings. The van der Waals surface area contributed by atoms with Crippen molar-refractivity contribution in [3.05, 3.63) is 95.8 Å². The molecule has 0 saturated carbocycles. The molecule has 1 heterocycles. The number of benzene rings is 3. The Morgan fingerprint density at radius 3 is 2.11 bits per heavy atom. The summed E-state index contributed by atoms with van der Waals surface area (Å²) >= 11 is 0. The van der Waals surface area contributed by atoms with Crippen molar-refractivity contribution in [1.29, 1.82) is 0 Å². The standard InChI is InChI=1S/C26H21F4NO4/c27-21-12-10-19(11-13-21)22-14-15-31(35-25(33)26(28,29)30)16-23(22)34-24(32)20-8-6-18(7-9-20)17-4-2-1-3-5-17/h1-13,22-23H,14-16H2/t22-,23+/m1/s1. The van der Waals surface area contributed by atoms with Crippen molar-refractivity contribution in [2.75, 3.05) is 13.1 Å². The van der Waals surface area contributed by atoms with Crippen LogP contribution in [-0.2, 0) is 14.4 Å². The summed E-state index contributed by atoms with van der Waals surface area (Å²) in [4.78, 5) is 28.6. The Morgan fingerprint density at radius 2 is 1.49 bits per heavy atom. The second-order valence-corrected chi connectivity index (χ2v) is 8.10. The molecule has 5 nitrogen and oxygen atoms in total. The molecule has 2 atom stereocenters. The van der Waals surface area contributed by atoms with E-state index < -0.39 is 36.0 Å². The number of ether oxygens (including phenoxy) is 1. The van der Waals surface area contributed by atoms with E-state index in [1.807, 2.05) is 30.3 Å². The van der Waals surface area contributed by atoms with E-state index in [0.29, 0.717) is 5.56 Å². The van der Waals surface area contributed by atoms with Crippen molar-refractivity contribution in [2.24, 2.45) is 0 Å². The minimum atomic E-state index is -5.15. The van der Waals surface area contributed by atoms with Crippen LogP contribution in [0.3, 0.4) is 0 Å². The lowest BCUT2D eigenvalue weighted by Gasteiger charge is -2.37. The third-order valence-corrected chi connectivity index (χ3v) is 5.75. The fourth-order valence-corrected chi connectivity index (χ4v) is 3.99. The number of carbonyl (C=O) groups excluding carboxylic acids is 2. The zero-order valence-electron chi connectivity index (χ0n) is 18.4. The van der Waals surface area contributed by atoms with Crippen molar-refractivity contribution < 1.29 is 36.7 Å². The van der Waals surface area contributed by atoms with Crippen LogP contribution in [0, 0.1) is 5.82 Å². The summed E-state index contributed by atoms with van der Waals surface area (Å²) in [7, 11) is 0. The lowest BCUT2D eigenvalue weighted by atomic mass is 9.87. The van der Waals surface area contributed by atoms with Gasteiger partial charge in [0, 0.05) is 12.5 Å². The van der Waals surface area contributed by atoms with E-state index in [9.17, 15) is 27.2 Å². The molecule has 182 valence electrons. The summed E-state index contributed by atoms with van der Waals surface area (Å²) in [5, 5.41) is 0.840. The molecule has 0 spiro atoms. The average Bonchev–Trinajstić information content (AvgIpc) is 2.85. The summed E-state index contributed by atoms with van der Waals surface area (Å²) in [5.74, 6) is -3.90. The van der Waals surface area contributed by atoms with Gasteiger partial charge in [-0.05, 0) is 47.4 Å². The van der Waals surface area contributed by atoms with Gasteiger partial charge in [0.05, 0.1) is 12.1 Å². The van der Waals surface area contributed by atoms with Gasteiger partial charge < -0.3 is 9.57 Å². The van der Waals surface area contributed by atoms with Gasteiger partial charge in [-0.15, -0.1) is 5.06 Å². The van der Waals surface area contributed by atoms with Gasteiger partial charge in [-0.1, -0.05) is 54.6 Å². The first-order valence-corrected chi connectivity index (χ1v) is 10.9. The van der Waals surface area contributed by atoms with Crippen LogP contribution in [0.15, 0.2) is 78.9 Å². The van der Waals surface area contributed by atoms with Gasteiger partial charge in [0.25, 0.3) is 0 Å². The molecule has 9 heteroatoms. The number of carbonyl (C=O) groups is 2. The van der Waals surface area contributed by atoms with Gasteiger partial charge >= 0.3 is 18.1 Å². The second kappa shape index (κ2) is 10.3. The maximum Gasteiger partial charge on any atom is 0.492 e. The third-order valence-electron chi connectivity index (χ3n) is 5.75. The molecule has 0 amide bonds. The molecule has 0 radical (unpaired) electrons. The van der Waals surface area contributed by atoms with E-state index in [1.165, 1.54) is 24.3 Å². The van der Waals surface area contributed by atoms with Crippen LogP contribution in [-0.4, -0.2) is 42.4 Å². The van der Waals surface area contributed by atoms with Crippen molar-refractivity contribution in [3.63, 3.8) is 0 Å². The minimum Gasteiger partial charge on any atom is -0.457 e. The molecule has 0 aliphatic carbocycles. The fraction of sp³-hybridized carbons (Fsp3) is 0.231. The first kappa shape index (κ1) is 24.4. The Kier molecular flexibility index (Phi) is 7.16. The van der Waals surface area contributed by atoms with E-state index in [1.54, 1.807) is 24.3 Å². The van der Waals surface area contributed by atoms with Crippen LogP contribution in [0.1, 0.15) is 28.3 Å². The number of alkyl halides is 3. The fourth-order valence-electron chi connectivity index (χ4n) is 3.99. The second-order valence-electron chi connectivity index (χ2n) is 8.10. The molecule has 4 rings (SSSR count). The Hall–Kier alpha value is -3.72. The number of hydrogen-bond acceptors (Lipinski definition) is 5. The molecule has 1 saturated heterocycles. The van der Waals surface area contributed by atoms with E-state index in [-0.39, 0.29) is 25.1 Å². The van der Waals surface area contributed by atoms with Crippen molar-refractivity contribution in [2.45, 2.75) is 24.6 Å². The number of halogens is 4. The summed E-state index contributed by atoms with van der Waals surface area (Å²) < 4.78 is 57.0. The van der Waals surface area contributed by atoms with E-state index in [0.717, 1.165) is 16.2 Å². The minimum absolute atomic E-state index is 0.0102. The predicted octanol–water partition coefficient (Wildman–Crippen LogP) is 5.53. The highest BCUT2D eigenvalue weighted by Gasteiger charge is 2.44. The topological polar surface area (TPSA) is 55.8 Å². The molecule has 35 heavy (non-hydrogen) atoms. The summed E-state index contributed by atoms with van der Waals surface area (Å²) in [6.07, 6.45) is -5.86. The third kappa shape index (κ3) is 6.05. The molecule has 0 N–H and O–H groups in total. The van der Waals surface area contributed by atoms with E-state index in [4.69, 9.17) is 4.74 Å². The number of rotatable bonds is 5. The molecular weight excluding hydrogens is 466 g/mol. The Balaban J connectivity index is 1.51. The molecule has 0 bridgehead atoms. The van der Waals surface area contributed by atoms with Gasteiger partial charge in [-0.25, -0.2) is 14.0 Å². The highest BCUT2D eigenvalue weighted by atomic mass is 19.4. The van der Waals surface area contributed by atoms with Gasteiger partial charge in [-0.2, -0.15) is 13.2 Å². The lowest BCUT2D eigenvalue weighted by Crippen LogP contribution is -2.47. The molecule has 0 unspecified atom stereocenters. The van der Waals surface area contributed by atoms with Crippen LogP contribution in [0.4, 0.5) is 17.6 Å². The molecule has 0 aromatic heterocycles. The number of piperidine rings is 1. The maximum atomic E-state index is 13.4. The van der Waals surface area contributed by atoms with Gasteiger partial charge in [0.15, 0.2) is 0 Å². The molecular formula is C26H21F4NO4. The van der Waals surface area contributed by atoms with Crippen LogP contribution < -0.4 is 0 Å². The van der Waals surface area contributed by atoms with Gasteiger partial charge in [-0.3, -0.25) is 0 Å². The summed E-state index contributed by atoms with van der Waals surface area (Å²) in [6.45, 7) is -0.276. The highest BCUT2D eigenvalue weighted by Crippen LogP contribution is 2.32. The number of esters is 1. The molecule has 3 aromatic carbocycles. The van der Waals surface area contributed by atoms with E-state index in [2.05, 4.69) is 4.84 Å². The van der Waals surface area contributed by atoms with Gasteiger partial charge in [0.2, 0.25) is 0 Å². The van der Waals surface area contributed by atoms with Gasteiger partial charge in [0.1, 0.15) is 11.9 Å². The summed E-state index contributed by atoms with van der Waals surface area (Å²) in [5.41, 5.74) is 2.78. The quantitative estimate of drug-likeness (QED) is 0.350. The van der Waals surface area contributed by atoms with Crippen molar-refractivity contribution in [3.8, 4) is 11.1 Å². The predicted molar refractivity (Wildman–Crippen MR) is 119 cm³/mol. The Labute approximate surface area is 198 Å². The largest absolute Gasteiger partial charge is 0.492 e. The molecule has 1 aliphatic heterocycles. The monoisotopic (exact) mass is 487 g/mol. The SMILES string of the molecule is O=C(O[C@H]1CN(OC(=O)C(F)(F)F)CC[C@@H]1c1ccc(F)cc1)c1ccc(-c2ccccc2)cc1. The smallest absolute Gasteiger partial charge is 0.457 e. The van der Waals surface area contributed by atoms with Crippen molar-refractivity contribution in [1.82, 2.24) is 5.06 Å². The Bertz CT molecular complexity index is 1160. The number of hydroxylamine groups is 2. The normalized spacial score (nSPS) is 18.6. The average molecular weight is 487 g/mol. The maximum absolute atomic E-state index is 13.4. The van der Waals surface area contributed by atoms with Crippen LogP contribution in [0.25, 0.3) is 11.1 Å². The first-order chi connectivity index (χ1) is 16.7. The summed E-state index contributed by atoms with van der Waals surface area (Å²) in [6, 6.07) is 21.9. The molecule has 1 aliphatic rings. The molecule has 1 fully saturated rings. The number of nitrogens with zero attached hydrogens (tertiary/aromatic N) is 1.